The van der Waals surface area contributed by atoms with Gasteiger partial charge in [-0.2, -0.15) is 4.39 Å². The fourth-order valence-corrected chi connectivity index (χ4v) is 1.99. The lowest BCUT2D eigenvalue weighted by atomic mass is 10.2. The molecule has 0 radical (unpaired) electrons. The molecule has 0 spiro atoms. The van der Waals surface area contributed by atoms with Crippen LogP contribution in [-0.2, 0) is 0 Å². The molecule has 0 bridgehead atoms. The summed E-state index contributed by atoms with van der Waals surface area (Å²) in [6.07, 6.45) is 4.50. The van der Waals surface area contributed by atoms with E-state index in [0.29, 0.717) is 22.5 Å². The number of carbonyl (C=O) groups is 1. The van der Waals surface area contributed by atoms with E-state index >= 15 is 0 Å². The molecule has 1 aromatic carbocycles. The Morgan fingerprint density at radius 1 is 1.00 bits per heavy atom. The topological polar surface area (TPSA) is 67.8 Å². The summed E-state index contributed by atoms with van der Waals surface area (Å²) in [6.45, 7) is 1.78. The molecule has 0 aliphatic heterocycles. The molecule has 0 saturated carbocycles. The van der Waals surface area contributed by atoms with Crippen LogP contribution >= 0.6 is 0 Å². The standard InChI is InChI=1S/C19H13FN4O/c1-13-21-11-15(12-22-13)8-7-14-9-17(18(20)23-10-14)24-19(25)16-5-3-2-4-6-16/h2-6,9-12H,1H3,(H,24,25). The molecular formula is C19H13FN4O. The summed E-state index contributed by atoms with van der Waals surface area (Å²) in [7, 11) is 0. The Morgan fingerprint density at radius 3 is 2.36 bits per heavy atom. The minimum atomic E-state index is -0.770. The summed E-state index contributed by atoms with van der Waals surface area (Å²) < 4.78 is 13.9. The van der Waals surface area contributed by atoms with Crippen molar-refractivity contribution in [2.75, 3.05) is 5.32 Å². The lowest BCUT2D eigenvalue weighted by molar-refractivity contribution is 0.102. The molecule has 122 valence electrons. The van der Waals surface area contributed by atoms with Crippen LogP contribution in [0.2, 0.25) is 0 Å². The Labute approximate surface area is 144 Å². The minimum Gasteiger partial charge on any atom is -0.318 e. The van der Waals surface area contributed by atoms with Gasteiger partial charge in [0.25, 0.3) is 5.91 Å². The molecule has 6 heteroatoms. The van der Waals surface area contributed by atoms with E-state index < -0.39 is 11.9 Å². The fraction of sp³-hybridized carbons (Fsp3) is 0.0526. The van der Waals surface area contributed by atoms with Crippen LogP contribution in [0.15, 0.2) is 55.0 Å². The maximum Gasteiger partial charge on any atom is 0.255 e. The predicted octanol–water partition coefficient (Wildman–Crippen LogP) is 2.97. The molecule has 0 aliphatic carbocycles. The lowest BCUT2D eigenvalue weighted by Crippen LogP contribution is -2.13. The second-order valence-corrected chi connectivity index (χ2v) is 5.15. The normalized spacial score (nSPS) is 9.84. The molecule has 1 N–H and O–H groups in total. The zero-order chi connectivity index (χ0) is 17.6. The molecule has 0 fully saturated rings. The summed E-state index contributed by atoms with van der Waals surface area (Å²) in [5.41, 5.74) is 1.49. The first kappa shape index (κ1) is 16.3. The number of pyridine rings is 1. The highest BCUT2D eigenvalue weighted by Crippen LogP contribution is 2.14. The summed E-state index contributed by atoms with van der Waals surface area (Å²) in [4.78, 5) is 23.9. The maximum atomic E-state index is 13.9. The smallest absolute Gasteiger partial charge is 0.255 e. The van der Waals surface area contributed by atoms with Crippen molar-refractivity contribution in [2.45, 2.75) is 6.92 Å². The molecule has 0 atom stereocenters. The van der Waals surface area contributed by atoms with Crippen molar-refractivity contribution in [3.63, 3.8) is 0 Å². The molecule has 2 heterocycles. The van der Waals surface area contributed by atoms with Crippen LogP contribution in [0.3, 0.4) is 0 Å². The van der Waals surface area contributed by atoms with Gasteiger partial charge < -0.3 is 5.32 Å². The third-order valence-corrected chi connectivity index (χ3v) is 3.26. The monoisotopic (exact) mass is 332 g/mol. The Balaban J connectivity index is 1.81. The van der Waals surface area contributed by atoms with Crippen LogP contribution in [0.1, 0.15) is 27.3 Å². The highest BCUT2D eigenvalue weighted by molar-refractivity contribution is 6.04. The van der Waals surface area contributed by atoms with Gasteiger partial charge in [-0.05, 0) is 25.1 Å². The summed E-state index contributed by atoms with van der Waals surface area (Å²) in [6, 6.07) is 9.97. The number of benzene rings is 1. The molecule has 1 amide bonds. The van der Waals surface area contributed by atoms with Gasteiger partial charge in [0.1, 0.15) is 5.82 Å². The predicted molar refractivity (Wildman–Crippen MR) is 91.3 cm³/mol. The minimum absolute atomic E-state index is 0.0270. The Bertz CT molecular complexity index is 960. The van der Waals surface area contributed by atoms with E-state index in [1.54, 1.807) is 49.6 Å². The molecule has 2 aromatic heterocycles. The number of nitrogens with one attached hydrogen (secondary N) is 1. The van der Waals surface area contributed by atoms with E-state index in [9.17, 15) is 9.18 Å². The molecular weight excluding hydrogens is 319 g/mol. The average Bonchev–Trinajstić information content (AvgIpc) is 2.64. The molecule has 0 unspecified atom stereocenters. The van der Waals surface area contributed by atoms with Crippen LogP contribution in [0, 0.1) is 24.7 Å². The van der Waals surface area contributed by atoms with Crippen molar-refractivity contribution in [1.29, 1.82) is 0 Å². The first-order chi connectivity index (χ1) is 12.1. The maximum absolute atomic E-state index is 13.9. The molecule has 5 nitrogen and oxygen atoms in total. The number of aryl methyl sites for hydroxylation is 1. The van der Waals surface area contributed by atoms with Crippen LogP contribution < -0.4 is 5.32 Å². The van der Waals surface area contributed by atoms with Gasteiger partial charge in [-0.15, -0.1) is 0 Å². The van der Waals surface area contributed by atoms with Crippen LogP contribution in [0.25, 0.3) is 0 Å². The summed E-state index contributed by atoms with van der Waals surface area (Å²) >= 11 is 0. The van der Waals surface area contributed by atoms with Crippen molar-refractivity contribution in [1.82, 2.24) is 15.0 Å². The Hall–Kier alpha value is -3.59. The first-order valence-electron chi connectivity index (χ1n) is 7.44. The van der Waals surface area contributed by atoms with E-state index in [1.807, 2.05) is 0 Å². The Kier molecular flexibility index (Phi) is 4.77. The van der Waals surface area contributed by atoms with Crippen molar-refractivity contribution in [2.24, 2.45) is 0 Å². The van der Waals surface area contributed by atoms with Gasteiger partial charge in [0.05, 0.1) is 11.3 Å². The molecule has 0 aliphatic rings. The van der Waals surface area contributed by atoms with Gasteiger partial charge in [0.2, 0.25) is 5.95 Å². The van der Waals surface area contributed by atoms with Crippen molar-refractivity contribution < 1.29 is 9.18 Å². The third kappa shape index (κ3) is 4.24. The molecule has 0 saturated heterocycles. The van der Waals surface area contributed by atoms with E-state index in [0.717, 1.165) is 0 Å². The van der Waals surface area contributed by atoms with Gasteiger partial charge in [0, 0.05) is 29.7 Å². The van der Waals surface area contributed by atoms with E-state index in [1.165, 1.54) is 12.3 Å². The number of anilines is 1. The van der Waals surface area contributed by atoms with Crippen LogP contribution in [-0.4, -0.2) is 20.9 Å². The van der Waals surface area contributed by atoms with E-state index in [4.69, 9.17) is 0 Å². The van der Waals surface area contributed by atoms with Gasteiger partial charge in [-0.1, -0.05) is 30.0 Å². The number of nitrogens with zero attached hydrogens (tertiary/aromatic N) is 3. The first-order valence-corrected chi connectivity index (χ1v) is 7.44. The van der Waals surface area contributed by atoms with E-state index in [-0.39, 0.29) is 5.69 Å². The number of hydrogen-bond acceptors (Lipinski definition) is 4. The summed E-state index contributed by atoms with van der Waals surface area (Å²) in [5, 5.41) is 2.50. The quantitative estimate of drug-likeness (QED) is 0.579. The molecule has 3 aromatic rings. The van der Waals surface area contributed by atoms with Crippen molar-refractivity contribution in [3.05, 3.63) is 83.5 Å². The number of hydrogen-bond donors (Lipinski definition) is 1. The number of carbonyl (C=O) groups excluding carboxylic acids is 1. The average molecular weight is 332 g/mol. The number of rotatable bonds is 2. The van der Waals surface area contributed by atoms with Crippen LogP contribution in [0.5, 0.6) is 0 Å². The van der Waals surface area contributed by atoms with Gasteiger partial charge >= 0.3 is 0 Å². The van der Waals surface area contributed by atoms with Gasteiger partial charge in [-0.3, -0.25) is 4.79 Å². The van der Waals surface area contributed by atoms with Crippen LogP contribution in [0.4, 0.5) is 10.1 Å². The number of amides is 1. The zero-order valence-corrected chi connectivity index (χ0v) is 13.3. The number of halogens is 1. The highest BCUT2D eigenvalue weighted by Gasteiger charge is 2.10. The lowest BCUT2D eigenvalue weighted by Gasteiger charge is -2.06. The largest absolute Gasteiger partial charge is 0.318 e. The zero-order valence-electron chi connectivity index (χ0n) is 13.3. The van der Waals surface area contributed by atoms with E-state index in [2.05, 4.69) is 32.1 Å². The second-order valence-electron chi connectivity index (χ2n) is 5.15. The molecule has 25 heavy (non-hydrogen) atoms. The van der Waals surface area contributed by atoms with Crippen molar-refractivity contribution >= 4 is 11.6 Å². The molecule has 3 rings (SSSR count). The SMILES string of the molecule is Cc1ncc(C#Cc2cnc(F)c(NC(=O)c3ccccc3)c2)cn1. The third-order valence-electron chi connectivity index (χ3n) is 3.26. The Morgan fingerprint density at radius 2 is 1.64 bits per heavy atom. The second kappa shape index (κ2) is 7.32. The van der Waals surface area contributed by atoms with Crippen molar-refractivity contribution in [3.8, 4) is 11.8 Å². The fourth-order valence-electron chi connectivity index (χ4n) is 1.99. The summed E-state index contributed by atoms with van der Waals surface area (Å²) in [5.74, 6) is 5.18. The van der Waals surface area contributed by atoms with Gasteiger partial charge in [-0.25, -0.2) is 15.0 Å². The highest BCUT2D eigenvalue weighted by atomic mass is 19.1. The number of aromatic nitrogens is 3. The van der Waals surface area contributed by atoms with Gasteiger partial charge in [0.15, 0.2) is 0 Å².